The molecule has 0 saturated heterocycles. The molecule has 0 fully saturated rings. The fraction of sp³-hybridized carbons (Fsp3) is 0.200. The summed E-state index contributed by atoms with van der Waals surface area (Å²) in [6.45, 7) is 2.40. The van der Waals surface area contributed by atoms with Crippen LogP contribution in [-0.2, 0) is 9.84 Å². The molecule has 27 heavy (non-hydrogen) atoms. The maximum absolute atomic E-state index is 12.0. The van der Waals surface area contributed by atoms with Gasteiger partial charge in [-0.1, -0.05) is 42.5 Å². The van der Waals surface area contributed by atoms with Crippen LogP contribution < -0.4 is 10.1 Å². The van der Waals surface area contributed by atoms with Gasteiger partial charge in [0.1, 0.15) is 12.1 Å². The average molecular weight is 383 g/mol. The molecule has 0 aliphatic rings. The second-order valence-electron chi connectivity index (χ2n) is 6.01. The van der Waals surface area contributed by atoms with E-state index in [-0.39, 0.29) is 10.9 Å². The fourth-order valence-electron chi connectivity index (χ4n) is 2.72. The summed E-state index contributed by atoms with van der Waals surface area (Å²) in [6.07, 6.45) is 2.64. The monoisotopic (exact) mass is 383 g/mol. The third kappa shape index (κ3) is 4.83. The maximum atomic E-state index is 12.0. The van der Waals surface area contributed by atoms with E-state index in [9.17, 15) is 8.42 Å². The molecule has 140 valence electrons. The molecule has 1 aromatic heterocycles. The van der Waals surface area contributed by atoms with Gasteiger partial charge in [-0.05, 0) is 30.2 Å². The molecular weight excluding hydrogens is 362 g/mol. The van der Waals surface area contributed by atoms with E-state index in [1.54, 1.807) is 24.3 Å². The molecule has 0 saturated carbocycles. The smallest absolute Gasteiger partial charge is 0.218 e. The Bertz CT molecular complexity index is 1010. The molecule has 0 spiro atoms. The predicted octanol–water partition coefficient (Wildman–Crippen LogP) is 3.48. The minimum absolute atomic E-state index is 0.278. The van der Waals surface area contributed by atoms with Crippen molar-refractivity contribution in [1.29, 1.82) is 0 Å². The topological polar surface area (TPSA) is 81.2 Å². The van der Waals surface area contributed by atoms with Gasteiger partial charge in [-0.25, -0.2) is 18.4 Å². The number of aromatic nitrogens is 2. The molecule has 0 radical (unpaired) electrons. The fourth-order valence-corrected chi connectivity index (χ4v) is 3.40. The molecule has 0 amide bonds. The van der Waals surface area contributed by atoms with Gasteiger partial charge >= 0.3 is 0 Å². The van der Waals surface area contributed by atoms with Crippen LogP contribution in [0, 0.1) is 0 Å². The quantitative estimate of drug-likeness (QED) is 0.673. The van der Waals surface area contributed by atoms with Crippen LogP contribution in [0.5, 0.6) is 5.88 Å². The molecule has 3 aromatic rings. The minimum Gasteiger partial charge on any atom is -0.478 e. The SMILES string of the molecule is CCOc1cc(NC(c2ccccc2)c2cccc(S(C)(=O)=O)c2)ncn1. The molecule has 0 aliphatic carbocycles. The van der Waals surface area contributed by atoms with Gasteiger partial charge < -0.3 is 10.1 Å². The van der Waals surface area contributed by atoms with Crippen molar-refractivity contribution < 1.29 is 13.2 Å². The zero-order chi connectivity index (χ0) is 19.3. The van der Waals surface area contributed by atoms with E-state index in [1.165, 1.54) is 12.6 Å². The van der Waals surface area contributed by atoms with Gasteiger partial charge in [-0.2, -0.15) is 0 Å². The zero-order valence-electron chi connectivity index (χ0n) is 15.2. The first kappa shape index (κ1) is 18.8. The van der Waals surface area contributed by atoms with Crippen molar-refractivity contribution in [2.45, 2.75) is 17.9 Å². The number of benzene rings is 2. The van der Waals surface area contributed by atoms with E-state index >= 15 is 0 Å². The first-order valence-electron chi connectivity index (χ1n) is 8.53. The lowest BCUT2D eigenvalue weighted by molar-refractivity contribution is 0.326. The van der Waals surface area contributed by atoms with E-state index in [2.05, 4.69) is 15.3 Å². The highest BCUT2D eigenvalue weighted by Gasteiger charge is 2.17. The Kier molecular flexibility index (Phi) is 5.71. The van der Waals surface area contributed by atoms with Crippen molar-refractivity contribution in [1.82, 2.24) is 9.97 Å². The highest BCUT2D eigenvalue weighted by Crippen LogP contribution is 2.28. The van der Waals surface area contributed by atoms with Gasteiger partial charge in [0, 0.05) is 12.3 Å². The van der Waals surface area contributed by atoms with Crippen LogP contribution in [0.15, 0.2) is 71.9 Å². The normalized spacial score (nSPS) is 12.4. The summed E-state index contributed by atoms with van der Waals surface area (Å²) < 4.78 is 29.4. The number of sulfone groups is 1. The largest absolute Gasteiger partial charge is 0.478 e. The summed E-state index contributed by atoms with van der Waals surface area (Å²) in [5, 5.41) is 3.36. The average Bonchev–Trinajstić information content (AvgIpc) is 2.67. The van der Waals surface area contributed by atoms with Crippen LogP contribution in [0.2, 0.25) is 0 Å². The number of nitrogens with zero attached hydrogens (tertiary/aromatic N) is 2. The van der Waals surface area contributed by atoms with Crippen molar-refractivity contribution in [3.8, 4) is 5.88 Å². The van der Waals surface area contributed by atoms with Crippen molar-refractivity contribution in [2.75, 3.05) is 18.2 Å². The number of ether oxygens (including phenoxy) is 1. The Balaban J connectivity index is 2.02. The lowest BCUT2D eigenvalue weighted by Crippen LogP contribution is -2.14. The van der Waals surface area contributed by atoms with E-state index < -0.39 is 9.84 Å². The van der Waals surface area contributed by atoms with Crippen LogP contribution in [0.25, 0.3) is 0 Å². The second kappa shape index (κ2) is 8.18. The zero-order valence-corrected chi connectivity index (χ0v) is 16.0. The van der Waals surface area contributed by atoms with Crippen molar-refractivity contribution in [3.63, 3.8) is 0 Å². The van der Waals surface area contributed by atoms with E-state index in [4.69, 9.17) is 4.74 Å². The Morgan fingerprint density at radius 2 is 1.74 bits per heavy atom. The predicted molar refractivity (Wildman–Crippen MR) is 105 cm³/mol. The van der Waals surface area contributed by atoms with Crippen LogP contribution in [0.3, 0.4) is 0 Å². The first-order valence-corrected chi connectivity index (χ1v) is 10.4. The molecule has 2 aromatic carbocycles. The molecule has 0 bridgehead atoms. The molecular formula is C20H21N3O3S. The third-order valence-electron chi connectivity index (χ3n) is 3.98. The molecule has 1 heterocycles. The summed E-state index contributed by atoms with van der Waals surface area (Å²) in [4.78, 5) is 8.62. The summed E-state index contributed by atoms with van der Waals surface area (Å²) in [5.41, 5.74) is 1.81. The van der Waals surface area contributed by atoms with Crippen molar-refractivity contribution in [2.24, 2.45) is 0 Å². The van der Waals surface area contributed by atoms with E-state index in [0.29, 0.717) is 18.3 Å². The summed E-state index contributed by atoms with van der Waals surface area (Å²) in [6, 6.07) is 18.1. The highest BCUT2D eigenvalue weighted by molar-refractivity contribution is 7.90. The summed E-state index contributed by atoms with van der Waals surface area (Å²) >= 11 is 0. The standard InChI is InChI=1S/C20H21N3O3S/c1-3-26-19-13-18(21-14-22-19)23-20(15-8-5-4-6-9-15)16-10-7-11-17(12-16)27(2,24)25/h4-14,20H,3H2,1-2H3,(H,21,22,23). The number of nitrogens with one attached hydrogen (secondary N) is 1. The number of anilines is 1. The number of rotatable bonds is 7. The molecule has 1 N–H and O–H groups in total. The Morgan fingerprint density at radius 3 is 2.44 bits per heavy atom. The molecule has 1 atom stereocenters. The maximum Gasteiger partial charge on any atom is 0.218 e. The van der Waals surface area contributed by atoms with Gasteiger partial charge in [-0.3, -0.25) is 0 Å². The van der Waals surface area contributed by atoms with Crippen LogP contribution in [-0.4, -0.2) is 31.2 Å². The van der Waals surface area contributed by atoms with E-state index in [1.807, 2.05) is 43.3 Å². The third-order valence-corrected chi connectivity index (χ3v) is 5.09. The van der Waals surface area contributed by atoms with Gasteiger partial charge in [0.05, 0.1) is 17.5 Å². The molecule has 0 aliphatic heterocycles. The molecule has 7 heteroatoms. The van der Waals surface area contributed by atoms with Gasteiger partial charge in [0.2, 0.25) is 5.88 Å². The number of hydrogen-bond acceptors (Lipinski definition) is 6. The van der Waals surface area contributed by atoms with Crippen molar-refractivity contribution in [3.05, 3.63) is 78.1 Å². The van der Waals surface area contributed by atoms with Crippen LogP contribution in [0.1, 0.15) is 24.1 Å². The first-order chi connectivity index (χ1) is 13.0. The summed E-state index contributed by atoms with van der Waals surface area (Å²) in [5.74, 6) is 1.07. The Labute approximate surface area is 159 Å². The van der Waals surface area contributed by atoms with Crippen LogP contribution >= 0.6 is 0 Å². The molecule has 3 rings (SSSR count). The lowest BCUT2D eigenvalue weighted by Gasteiger charge is -2.21. The van der Waals surface area contributed by atoms with Gasteiger partial charge in [-0.15, -0.1) is 0 Å². The van der Waals surface area contributed by atoms with Gasteiger partial charge in [0.15, 0.2) is 9.84 Å². The highest BCUT2D eigenvalue weighted by atomic mass is 32.2. The molecule has 1 unspecified atom stereocenters. The summed E-state index contributed by atoms with van der Waals surface area (Å²) in [7, 11) is -3.30. The number of hydrogen-bond donors (Lipinski definition) is 1. The lowest BCUT2D eigenvalue weighted by atomic mass is 9.99. The minimum atomic E-state index is -3.30. The Hall–Kier alpha value is -2.93. The molecule has 6 nitrogen and oxygen atoms in total. The second-order valence-corrected chi connectivity index (χ2v) is 8.02. The van der Waals surface area contributed by atoms with Gasteiger partial charge in [0.25, 0.3) is 0 Å². The van der Waals surface area contributed by atoms with E-state index in [0.717, 1.165) is 11.1 Å². The Morgan fingerprint density at radius 1 is 1.00 bits per heavy atom. The van der Waals surface area contributed by atoms with Crippen LogP contribution in [0.4, 0.5) is 5.82 Å². The van der Waals surface area contributed by atoms with Crippen molar-refractivity contribution >= 4 is 15.7 Å².